The molecule has 3 radical (unpaired) electrons. The van der Waals surface area contributed by atoms with Crippen molar-refractivity contribution in [3.8, 4) is 33.4 Å². The number of fused-ring (bicyclic) bond motifs is 5. The third-order valence-corrected chi connectivity index (χ3v) is 7.88. The van der Waals surface area contributed by atoms with Crippen LogP contribution in [0.3, 0.4) is 0 Å². The molecule has 2 heteroatoms. The first-order valence-corrected chi connectivity index (χ1v) is 13.4. The van der Waals surface area contributed by atoms with Crippen molar-refractivity contribution in [2.24, 2.45) is 0 Å². The molecule has 0 amide bonds. The summed E-state index contributed by atoms with van der Waals surface area (Å²) >= 11 is 0. The molecule has 0 unspecified atom stereocenters. The van der Waals surface area contributed by atoms with Gasteiger partial charge in [0.1, 0.15) is 11.2 Å². The van der Waals surface area contributed by atoms with Crippen LogP contribution in [0, 0.1) is 0 Å². The van der Waals surface area contributed by atoms with Crippen LogP contribution < -0.4 is 0 Å². The summed E-state index contributed by atoms with van der Waals surface area (Å²) in [5, 5.41) is 7.28. The predicted octanol–water partition coefficient (Wildman–Crippen LogP) is 10.5. The van der Waals surface area contributed by atoms with Crippen molar-refractivity contribution in [2.75, 3.05) is 0 Å². The zero-order valence-corrected chi connectivity index (χ0v) is 21.8. The summed E-state index contributed by atoms with van der Waals surface area (Å²) in [6, 6.07) is 52.0. The van der Waals surface area contributed by atoms with Gasteiger partial charge in [-0.1, -0.05) is 127 Å². The Kier molecular flexibility index (Phi) is 5.75. The SMILES string of the molecule is [B].c1ccc(-c2ccccc2-c2c3ccccc3c(-c3ccc4c(c3)oc3ccccc34)c3ccccc23)cc1. The fourth-order valence-corrected chi connectivity index (χ4v) is 6.18. The maximum absolute atomic E-state index is 6.30. The quantitative estimate of drug-likeness (QED) is 0.171. The monoisotopic (exact) mass is 507 g/mol. The van der Waals surface area contributed by atoms with E-state index < -0.39 is 0 Å². The van der Waals surface area contributed by atoms with Gasteiger partial charge in [0.25, 0.3) is 0 Å². The van der Waals surface area contributed by atoms with Crippen LogP contribution in [-0.4, -0.2) is 8.41 Å². The van der Waals surface area contributed by atoms with Crippen molar-refractivity contribution in [3.05, 3.63) is 146 Å². The molecule has 40 heavy (non-hydrogen) atoms. The molecule has 0 aliphatic rings. The lowest BCUT2D eigenvalue weighted by atomic mass is 9.84. The number of rotatable bonds is 3. The van der Waals surface area contributed by atoms with Gasteiger partial charge in [0.05, 0.1) is 0 Å². The number of benzene rings is 7. The first-order valence-electron chi connectivity index (χ1n) is 13.4. The summed E-state index contributed by atoms with van der Waals surface area (Å²) in [4.78, 5) is 0. The zero-order valence-electron chi connectivity index (χ0n) is 21.8. The highest BCUT2D eigenvalue weighted by Gasteiger charge is 2.19. The van der Waals surface area contributed by atoms with Crippen LogP contribution in [0.2, 0.25) is 0 Å². The molecule has 0 bridgehead atoms. The van der Waals surface area contributed by atoms with Gasteiger partial charge in [0, 0.05) is 19.2 Å². The van der Waals surface area contributed by atoms with Crippen molar-refractivity contribution < 1.29 is 4.42 Å². The topological polar surface area (TPSA) is 13.1 Å². The molecular weight excluding hydrogens is 483 g/mol. The molecule has 1 aromatic heterocycles. The van der Waals surface area contributed by atoms with Gasteiger partial charge in [0.2, 0.25) is 0 Å². The summed E-state index contributed by atoms with van der Waals surface area (Å²) in [5.74, 6) is 0. The van der Waals surface area contributed by atoms with E-state index in [1.54, 1.807) is 0 Å². The Hall–Kier alpha value is -5.08. The fourth-order valence-electron chi connectivity index (χ4n) is 6.18. The first kappa shape index (κ1) is 24.0. The van der Waals surface area contributed by atoms with Crippen LogP contribution in [-0.2, 0) is 0 Å². The van der Waals surface area contributed by atoms with Crippen LogP contribution >= 0.6 is 0 Å². The maximum Gasteiger partial charge on any atom is 0.136 e. The van der Waals surface area contributed by atoms with Gasteiger partial charge in [-0.25, -0.2) is 0 Å². The standard InChI is InChI=1S/C38H24O.B/c1-2-12-25(13-3-1)27-14-4-5-16-30(27)38-33-19-8-6-17-31(33)37(32-18-7-9-20-34(32)38)26-22-23-29-28-15-10-11-21-35(28)39-36(29)24-26;/h1-24H;. The van der Waals surface area contributed by atoms with Crippen LogP contribution in [0.15, 0.2) is 150 Å². The molecule has 0 saturated heterocycles. The highest BCUT2D eigenvalue weighted by atomic mass is 16.3. The number of furan rings is 1. The molecule has 7 aromatic carbocycles. The predicted molar refractivity (Wildman–Crippen MR) is 171 cm³/mol. The molecule has 0 aliphatic carbocycles. The van der Waals surface area contributed by atoms with E-state index in [0.717, 1.165) is 27.5 Å². The van der Waals surface area contributed by atoms with Crippen LogP contribution in [0.25, 0.3) is 76.9 Å². The van der Waals surface area contributed by atoms with E-state index in [0.29, 0.717) is 0 Å². The van der Waals surface area contributed by atoms with Gasteiger partial charge in [-0.2, -0.15) is 0 Å². The van der Waals surface area contributed by atoms with Crippen molar-refractivity contribution in [2.45, 2.75) is 0 Å². The van der Waals surface area contributed by atoms with Gasteiger partial charge in [-0.15, -0.1) is 0 Å². The Bertz CT molecular complexity index is 2120. The Balaban J connectivity index is 0.00000264. The minimum absolute atomic E-state index is 0. The number of para-hydroxylation sites is 1. The third kappa shape index (κ3) is 3.65. The van der Waals surface area contributed by atoms with E-state index in [2.05, 4.69) is 133 Å². The largest absolute Gasteiger partial charge is 0.456 e. The Morgan fingerprint density at radius 1 is 0.325 bits per heavy atom. The molecule has 0 aliphatic heterocycles. The second-order valence-electron chi connectivity index (χ2n) is 10.1. The van der Waals surface area contributed by atoms with Crippen molar-refractivity contribution >= 4 is 51.9 Å². The average molecular weight is 507 g/mol. The summed E-state index contributed by atoms with van der Waals surface area (Å²) in [6.45, 7) is 0. The van der Waals surface area contributed by atoms with Gasteiger partial charge in [-0.05, 0) is 73.1 Å². The molecule has 0 fully saturated rings. The maximum atomic E-state index is 6.30. The van der Waals surface area contributed by atoms with Crippen molar-refractivity contribution in [1.82, 2.24) is 0 Å². The van der Waals surface area contributed by atoms with Crippen LogP contribution in [0.5, 0.6) is 0 Å². The second-order valence-corrected chi connectivity index (χ2v) is 10.1. The highest BCUT2D eigenvalue weighted by Crippen LogP contribution is 2.46. The lowest BCUT2D eigenvalue weighted by Gasteiger charge is -2.19. The second kappa shape index (κ2) is 9.59. The van der Waals surface area contributed by atoms with E-state index in [1.807, 2.05) is 12.1 Å². The van der Waals surface area contributed by atoms with Crippen LogP contribution in [0.1, 0.15) is 0 Å². The lowest BCUT2D eigenvalue weighted by molar-refractivity contribution is 0.669. The minimum Gasteiger partial charge on any atom is -0.456 e. The van der Waals surface area contributed by atoms with Crippen molar-refractivity contribution in [1.29, 1.82) is 0 Å². The minimum atomic E-state index is 0. The molecule has 0 atom stereocenters. The number of hydrogen-bond donors (Lipinski definition) is 0. The molecule has 8 aromatic rings. The molecule has 0 N–H and O–H groups in total. The normalized spacial score (nSPS) is 11.3. The molecule has 185 valence electrons. The average Bonchev–Trinajstić information content (AvgIpc) is 3.38. The molecule has 1 nitrogen and oxygen atoms in total. The molecule has 0 spiro atoms. The van der Waals surface area contributed by atoms with E-state index >= 15 is 0 Å². The Labute approximate surface area is 234 Å². The summed E-state index contributed by atoms with van der Waals surface area (Å²) in [6.07, 6.45) is 0. The van der Waals surface area contributed by atoms with Gasteiger partial charge >= 0.3 is 0 Å². The third-order valence-electron chi connectivity index (χ3n) is 7.88. The van der Waals surface area contributed by atoms with E-state index in [-0.39, 0.29) is 8.41 Å². The summed E-state index contributed by atoms with van der Waals surface area (Å²) in [5.41, 5.74) is 9.23. The Morgan fingerprint density at radius 2 is 0.825 bits per heavy atom. The molecule has 1 heterocycles. The summed E-state index contributed by atoms with van der Waals surface area (Å²) in [7, 11) is 0. The lowest BCUT2D eigenvalue weighted by Crippen LogP contribution is -1.92. The first-order chi connectivity index (χ1) is 19.4. The molecule has 0 saturated carbocycles. The van der Waals surface area contributed by atoms with E-state index in [4.69, 9.17) is 4.42 Å². The van der Waals surface area contributed by atoms with Gasteiger partial charge in [-0.3, -0.25) is 0 Å². The summed E-state index contributed by atoms with van der Waals surface area (Å²) < 4.78 is 6.30. The number of hydrogen-bond acceptors (Lipinski definition) is 1. The van der Waals surface area contributed by atoms with Crippen molar-refractivity contribution in [3.63, 3.8) is 0 Å². The smallest absolute Gasteiger partial charge is 0.136 e. The van der Waals surface area contributed by atoms with E-state index in [1.165, 1.54) is 49.4 Å². The van der Waals surface area contributed by atoms with Crippen LogP contribution in [0.4, 0.5) is 0 Å². The zero-order chi connectivity index (χ0) is 25.8. The van der Waals surface area contributed by atoms with Gasteiger partial charge < -0.3 is 4.42 Å². The van der Waals surface area contributed by atoms with E-state index in [9.17, 15) is 0 Å². The highest BCUT2D eigenvalue weighted by molar-refractivity contribution is 6.23. The fraction of sp³-hybridized carbons (Fsp3) is 0. The molecule has 8 rings (SSSR count). The Morgan fingerprint density at radius 3 is 1.50 bits per heavy atom. The molecular formula is C38H24BO. The van der Waals surface area contributed by atoms with Gasteiger partial charge in [0.15, 0.2) is 0 Å².